The zero-order valence-electron chi connectivity index (χ0n) is 11.2. The standard InChI is InChI=1S/C12H20BrNO4/c1-11(2,3)18-10(16)14-8-6-17-7-12(8,4)9(15)5-13/h8H,5-7H2,1-4H3,(H,14,16). The molecule has 1 aliphatic heterocycles. The van der Waals surface area contributed by atoms with Gasteiger partial charge in [-0.3, -0.25) is 4.79 Å². The van der Waals surface area contributed by atoms with E-state index in [2.05, 4.69) is 21.2 Å². The van der Waals surface area contributed by atoms with Crippen LogP contribution in [0.25, 0.3) is 0 Å². The van der Waals surface area contributed by atoms with Crippen LogP contribution < -0.4 is 5.32 Å². The Labute approximate surface area is 116 Å². The molecule has 0 bridgehead atoms. The lowest BCUT2D eigenvalue weighted by molar-refractivity contribution is -0.125. The normalized spacial score (nSPS) is 27.9. The van der Waals surface area contributed by atoms with Crippen molar-refractivity contribution in [2.45, 2.75) is 39.3 Å². The first-order valence-electron chi connectivity index (χ1n) is 5.85. The number of rotatable bonds is 3. The van der Waals surface area contributed by atoms with E-state index in [1.807, 2.05) is 0 Å². The highest BCUT2D eigenvalue weighted by molar-refractivity contribution is 9.09. The number of hydrogen-bond donors (Lipinski definition) is 1. The Balaban J connectivity index is 2.66. The molecule has 0 radical (unpaired) electrons. The van der Waals surface area contributed by atoms with Gasteiger partial charge in [0.1, 0.15) is 5.60 Å². The molecule has 18 heavy (non-hydrogen) atoms. The average molecular weight is 322 g/mol. The fourth-order valence-electron chi connectivity index (χ4n) is 1.75. The van der Waals surface area contributed by atoms with E-state index in [0.717, 1.165) is 0 Å². The Morgan fingerprint density at radius 1 is 1.50 bits per heavy atom. The van der Waals surface area contributed by atoms with E-state index in [9.17, 15) is 9.59 Å². The molecule has 0 saturated carbocycles. The quantitative estimate of drug-likeness (QED) is 0.806. The predicted molar refractivity (Wildman–Crippen MR) is 70.9 cm³/mol. The number of alkyl carbamates (subject to hydrolysis) is 1. The maximum Gasteiger partial charge on any atom is 0.407 e. The molecule has 1 fully saturated rings. The van der Waals surface area contributed by atoms with Crippen molar-refractivity contribution in [2.24, 2.45) is 5.41 Å². The smallest absolute Gasteiger partial charge is 0.407 e. The average Bonchev–Trinajstić information content (AvgIpc) is 2.57. The molecule has 1 rings (SSSR count). The molecular weight excluding hydrogens is 302 g/mol. The van der Waals surface area contributed by atoms with Gasteiger partial charge in [0, 0.05) is 0 Å². The van der Waals surface area contributed by atoms with Crippen molar-refractivity contribution in [3.8, 4) is 0 Å². The van der Waals surface area contributed by atoms with Gasteiger partial charge < -0.3 is 14.8 Å². The van der Waals surface area contributed by atoms with Crippen LogP contribution in [0.2, 0.25) is 0 Å². The summed E-state index contributed by atoms with van der Waals surface area (Å²) in [5, 5.41) is 2.96. The van der Waals surface area contributed by atoms with Crippen molar-refractivity contribution in [3.05, 3.63) is 0 Å². The van der Waals surface area contributed by atoms with Crippen molar-refractivity contribution in [1.82, 2.24) is 5.32 Å². The van der Waals surface area contributed by atoms with Gasteiger partial charge in [-0.2, -0.15) is 0 Å². The Kier molecular flexibility index (Phi) is 4.78. The van der Waals surface area contributed by atoms with Crippen LogP contribution in [0.4, 0.5) is 4.79 Å². The number of nitrogens with one attached hydrogen (secondary N) is 1. The monoisotopic (exact) mass is 321 g/mol. The molecule has 0 aliphatic carbocycles. The number of ketones is 1. The first-order chi connectivity index (χ1) is 8.19. The summed E-state index contributed by atoms with van der Waals surface area (Å²) in [6, 6.07) is -0.350. The third kappa shape index (κ3) is 3.68. The summed E-state index contributed by atoms with van der Waals surface area (Å²) in [6.07, 6.45) is -0.522. The molecule has 1 amide bonds. The second kappa shape index (κ2) is 5.57. The van der Waals surface area contributed by atoms with E-state index in [1.54, 1.807) is 27.7 Å². The second-order valence-electron chi connectivity index (χ2n) is 5.69. The Hall–Kier alpha value is -0.620. The number of carbonyl (C=O) groups is 2. The van der Waals surface area contributed by atoms with Crippen LogP contribution in [0.1, 0.15) is 27.7 Å². The van der Waals surface area contributed by atoms with E-state index in [0.29, 0.717) is 13.2 Å². The molecule has 0 aromatic rings. The highest BCUT2D eigenvalue weighted by atomic mass is 79.9. The van der Waals surface area contributed by atoms with Crippen molar-refractivity contribution in [3.63, 3.8) is 0 Å². The minimum absolute atomic E-state index is 0.0149. The van der Waals surface area contributed by atoms with E-state index in [4.69, 9.17) is 9.47 Å². The van der Waals surface area contributed by atoms with Gasteiger partial charge in [0.25, 0.3) is 0 Å². The van der Waals surface area contributed by atoms with Gasteiger partial charge in [-0.1, -0.05) is 15.9 Å². The Morgan fingerprint density at radius 2 is 2.11 bits per heavy atom. The second-order valence-corrected chi connectivity index (χ2v) is 6.25. The molecule has 1 N–H and O–H groups in total. The summed E-state index contributed by atoms with van der Waals surface area (Å²) in [7, 11) is 0. The molecule has 2 atom stereocenters. The minimum atomic E-state index is -0.694. The van der Waals surface area contributed by atoms with Crippen LogP contribution in [-0.2, 0) is 14.3 Å². The van der Waals surface area contributed by atoms with Crippen LogP contribution in [0.15, 0.2) is 0 Å². The fourth-order valence-corrected chi connectivity index (χ4v) is 2.39. The van der Waals surface area contributed by atoms with Crippen molar-refractivity contribution in [1.29, 1.82) is 0 Å². The zero-order chi connectivity index (χ0) is 14.0. The molecule has 0 spiro atoms. The summed E-state index contributed by atoms with van der Waals surface area (Å²) in [5.41, 5.74) is -1.25. The fraction of sp³-hybridized carbons (Fsp3) is 0.833. The highest BCUT2D eigenvalue weighted by Gasteiger charge is 2.46. The third-order valence-electron chi connectivity index (χ3n) is 2.90. The molecule has 2 unspecified atom stereocenters. The lowest BCUT2D eigenvalue weighted by atomic mass is 9.81. The predicted octanol–water partition coefficient (Wildman–Crippen LogP) is 1.88. The molecule has 1 saturated heterocycles. The molecule has 1 heterocycles. The van der Waals surface area contributed by atoms with E-state index in [1.165, 1.54) is 0 Å². The van der Waals surface area contributed by atoms with Gasteiger partial charge in [0.05, 0.1) is 30.0 Å². The van der Waals surface area contributed by atoms with Gasteiger partial charge in [0.15, 0.2) is 5.78 Å². The number of hydrogen-bond acceptors (Lipinski definition) is 4. The van der Waals surface area contributed by atoms with Gasteiger partial charge >= 0.3 is 6.09 Å². The number of ether oxygens (including phenoxy) is 2. The molecule has 5 nitrogen and oxygen atoms in total. The lowest BCUT2D eigenvalue weighted by Gasteiger charge is -2.29. The van der Waals surface area contributed by atoms with Crippen LogP contribution in [-0.4, -0.2) is 42.1 Å². The summed E-state index contributed by atoms with van der Waals surface area (Å²) in [4.78, 5) is 23.6. The molecule has 0 aromatic carbocycles. The van der Waals surface area contributed by atoms with Crippen LogP contribution >= 0.6 is 15.9 Å². The highest BCUT2D eigenvalue weighted by Crippen LogP contribution is 2.30. The molecular formula is C12H20BrNO4. The molecule has 104 valence electrons. The Bertz CT molecular complexity index is 339. The number of amides is 1. The first-order valence-corrected chi connectivity index (χ1v) is 6.98. The van der Waals surface area contributed by atoms with E-state index < -0.39 is 17.1 Å². The summed E-state index contributed by atoms with van der Waals surface area (Å²) < 4.78 is 10.5. The van der Waals surface area contributed by atoms with Gasteiger partial charge in [0.2, 0.25) is 0 Å². The van der Waals surface area contributed by atoms with Gasteiger partial charge in [-0.15, -0.1) is 0 Å². The topological polar surface area (TPSA) is 64.6 Å². The van der Waals surface area contributed by atoms with E-state index in [-0.39, 0.29) is 17.2 Å². The maximum absolute atomic E-state index is 11.9. The molecule has 0 aromatic heterocycles. The lowest BCUT2D eigenvalue weighted by Crippen LogP contribution is -2.51. The Morgan fingerprint density at radius 3 is 2.61 bits per heavy atom. The van der Waals surface area contributed by atoms with Gasteiger partial charge in [-0.25, -0.2) is 4.79 Å². The van der Waals surface area contributed by atoms with Crippen LogP contribution in [0.3, 0.4) is 0 Å². The summed E-state index contributed by atoms with van der Waals surface area (Å²) >= 11 is 3.15. The maximum atomic E-state index is 11.9. The number of halogens is 1. The molecule has 1 aliphatic rings. The van der Waals surface area contributed by atoms with Crippen LogP contribution in [0.5, 0.6) is 0 Å². The van der Waals surface area contributed by atoms with Gasteiger partial charge in [-0.05, 0) is 27.7 Å². The van der Waals surface area contributed by atoms with Crippen molar-refractivity contribution < 1.29 is 19.1 Å². The van der Waals surface area contributed by atoms with Crippen molar-refractivity contribution in [2.75, 3.05) is 18.5 Å². The summed E-state index contributed by atoms with van der Waals surface area (Å²) in [6.45, 7) is 7.82. The number of carbonyl (C=O) groups excluding carboxylic acids is 2. The summed E-state index contributed by atoms with van der Waals surface area (Å²) in [5.74, 6) is 0.0149. The van der Waals surface area contributed by atoms with E-state index >= 15 is 0 Å². The third-order valence-corrected chi connectivity index (χ3v) is 3.41. The van der Waals surface area contributed by atoms with Crippen LogP contribution in [0, 0.1) is 5.41 Å². The first kappa shape index (κ1) is 15.4. The largest absolute Gasteiger partial charge is 0.444 e. The molecule has 6 heteroatoms. The van der Waals surface area contributed by atoms with Crippen molar-refractivity contribution >= 4 is 27.8 Å². The zero-order valence-corrected chi connectivity index (χ0v) is 12.8. The number of alkyl halides is 1. The minimum Gasteiger partial charge on any atom is -0.444 e. The number of Topliss-reactive ketones (excluding diaryl/α,β-unsaturated/α-hetero) is 1. The SMILES string of the molecule is CC(C)(C)OC(=O)NC1COCC1(C)C(=O)CBr.